The Labute approximate surface area is 106 Å². The number of nitrogens with one attached hydrogen (secondary N) is 2. The average molecular weight is 250 g/mol. The van der Waals surface area contributed by atoms with Gasteiger partial charge in [-0.2, -0.15) is 4.98 Å². The summed E-state index contributed by atoms with van der Waals surface area (Å²) in [5.74, 6) is 6.32. The summed E-state index contributed by atoms with van der Waals surface area (Å²) in [4.78, 5) is 21.7. The molecule has 1 saturated carbocycles. The van der Waals surface area contributed by atoms with E-state index < -0.39 is 0 Å². The highest BCUT2D eigenvalue weighted by Gasteiger charge is 2.23. The first-order valence-electron chi connectivity index (χ1n) is 5.91. The molecule has 0 atom stereocenters. The third kappa shape index (κ3) is 3.30. The van der Waals surface area contributed by atoms with Gasteiger partial charge >= 0.3 is 0 Å². The molecule has 0 saturated heterocycles. The Balaban J connectivity index is 2.00. The number of aryl methyl sites for hydroxylation is 1. The number of hydrogen-bond acceptors (Lipinski definition) is 6. The average Bonchev–Trinajstić information content (AvgIpc) is 3.11. The lowest BCUT2D eigenvalue weighted by Crippen LogP contribution is -2.36. The number of hydrogen-bond donors (Lipinski definition) is 3. The van der Waals surface area contributed by atoms with Crippen molar-refractivity contribution in [1.82, 2.24) is 15.3 Å². The zero-order valence-corrected chi connectivity index (χ0v) is 10.6. The van der Waals surface area contributed by atoms with Gasteiger partial charge in [0.05, 0.1) is 6.54 Å². The van der Waals surface area contributed by atoms with E-state index >= 15 is 0 Å². The zero-order chi connectivity index (χ0) is 13.1. The van der Waals surface area contributed by atoms with Crippen LogP contribution in [0, 0.1) is 6.92 Å². The highest BCUT2D eigenvalue weighted by Crippen LogP contribution is 2.18. The fraction of sp³-hybridized carbons (Fsp3) is 0.545. The molecule has 0 radical (unpaired) electrons. The number of nitrogens with zero attached hydrogens (tertiary/aromatic N) is 3. The van der Waals surface area contributed by atoms with Crippen molar-refractivity contribution < 1.29 is 4.79 Å². The molecule has 1 fully saturated rings. The number of carbonyl (C=O) groups is 1. The monoisotopic (exact) mass is 250 g/mol. The van der Waals surface area contributed by atoms with Crippen molar-refractivity contribution >= 4 is 17.7 Å². The smallest absolute Gasteiger partial charge is 0.239 e. The van der Waals surface area contributed by atoms with Crippen LogP contribution in [0.5, 0.6) is 0 Å². The maximum absolute atomic E-state index is 11.7. The Morgan fingerprint density at radius 3 is 2.89 bits per heavy atom. The van der Waals surface area contributed by atoms with Crippen LogP contribution in [0.3, 0.4) is 0 Å². The number of hydrazine groups is 1. The summed E-state index contributed by atoms with van der Waals surface area (Å²) in [7, 11) is 1.81. The van der Waals surface area contributed by atoms with Gasteiger partial charge in [-0.1, -0.05) is 0 Å². The predicted molar refractivity (Wildman–Crippen MR) is 69.0 cm³/mol. The Kier molecular flexibility index (Phi) is 3.61. The minimum Gasteiger partial charge on any atom is -0.352 e. The summed E-state index contributed by atoms with van der Waals surface area (Å²) in [5.41, 5.74) is 3.20. The SMILES string of the molecule is Cc1cc(N(C)CC(=O)NC2CC2)nc(NN)n1. The van der Waals surface area contributed by atoms with Crippen LogP contribution in [0.4, 0.5) is 11.8 Å². The highest BCUT2D eigenvalue weighted by atomic mass is 16.2. The van der Waals surface area contributed by atoms with Gasteiger partial charge in [0.2, 0.25) is 11.9 Å². The van der Waals surface area contributed by atoms with Crippen molar-refractivity contribution in [2.75, 3.05) is 23.9 Å². The standard InChI is InChI=1S/C11H18N6O/c1-7-5-9(15-11(13-7)16-12)17(2)6-10(18)14-8-3-4-8/h5,8H,3-4,6,12H2,1-2H3,(H,14,18)(H,13,15,16). The Morgan fingerprint density at radius 2 is 2.28 bits per heavy atom. The van der Waals surface area contributed by atoms with Crippen molar-refractivity contribution in [3.05, 3.63) is 11.8 Å². The number of aromatic nitrogens is 2. The van der Waals surface area contributed by atoms with E-state index in [4.69, 9.17) is 5.84 Å². The van der Waals surface area contributed by atoms with E-state index in [0.29, 0.717) is 17.8 Å². The van der Waals surface area contributed by atoms with Gasteiger partial charge in [0.25, 0.3) is 0 Å². The molecular formula is C11H18N6O. The minimum atomic E-state index is 0.0125. The molecule has 98 valence electrons. The normalized spacial score (nSPS) is 14.2. The van der Waals surface area contributed by atoms with Gasteiger partial charge in [-0.25, -0.2) is 10.8 Å². The molecule has 1 aliphatic carbocycles. The second-order valence-corrected chi connectivity index (χ2v) is 4.53. The molecule has 0 spiro atoms. The molecule has 7 heteroatoms. The third-order valence-electron chi connectivity index (χ3n) is 2.68. The van der Waals surface area contributed by atoms with E-state index in [0.717, 1.165) is 18.5 Å². The van der Waals surface area contributed by atoms with Gasteiger partial charge in [-0.15, -0.1) is 0 Å². The van der Waals surface area contributed by atoms with Crippen LogP contribution in [0.15, 0.2) is 6.07 Å². The lowest BCUT2D eigenvalue weighted by Gasteiger charge is -2.18. The van der Waals surface area contributed by atoms with Gasteiger partial charge in [0.1, 0.15) is 5.82 Å². The summed E-state index contributed by atoms with van der Waals surface area (Å²) in [6.07, 6.45) is 2.17. The Hall–Kier alpha value is -1.89. The van der Waals surface area contributed by atoms with Crippen LogP contribution < -0.4 is 21.5 Å². The number of carbonyl (C=O) groups excluding carboxylic acids is 1. The Bertz CT molecular complexity index is 445. The van der Waals surface area contributed by atoms with Crippen LogP contribution in [0.2, 0.25) is 0 Å². The van der Waals surface area contributed by atoms with E-state index in [1.165, 1.54) is 0 Å². The second kappa shape index (κ2) is 5.18. The fourth-order valence-corrected chi connectivity index (χ4v) is 1.61. The lowest BCUT2D eigenvalue weighted by molar-refractivity contribution is -0.119. The van der Waals surface area contributed by atoms with E-state index in [1.807, 2.05) is 20.0 Å². The molecule has 4 N–H and O–H groups in total. The van der Waals surface area contributed by atoms with Gasteiger partial charge in [-0.05, 0) is 19.8 Å². The number of nitrogens with two attached hydrogens (primary N) is 1. The van der Waals surface area contributed by atoms with Crippen LogP contribution in [-0.4, -0.2) is 35.5 Å². The molecule has 2 rings (SSSR count). The molecule has 0 aliphatic heterocycles. The summed E-state index contributed by atoms with van der Waals surface area (Å²) in [6.45, 7) is 2.13. The van der Waals surface area contributed by atoms with E-state index in [2.05, 4.69) is 20.7 Å². The number of amides is 1. The maximum atomic E-state index is 11.7. The highest BCUT2D eigenvalue weighted by molar-refractivity contribution is 5.81. The number of rotatable bonds is 5. The first kappa shape index (κ1) is 12.6. The lowest BCUT2D eigenvalue weighted by atomic mass is 10.4. The minimum absolute atomic E-state index is 0.0125. The first-order valence-corrected chi connectivity index (χ1v) is 5.91. The van der Waals surface area contributed by atoms with Crippen LogP contribution in [0.1, 0.15) is 18.5 Å². The molecule has 18 heavy (non-hydrogen) atoms. The fourth-order valence-electron chi connectivity index (χ4n) is 1.61. The van der Waals surface area contributed by atoms with Gasteiger partial charge in [0.15, 0.2) is 0 Å². The molecule has 1 amide bonds. The summed E-state index contributed by atoms with van der Waals surface area (Å²) in [5, 5.41) is 2.93. The van der Waals surface area contributed by atoms with Crippen molar-refractivity contribution in [3.63, 3.8) is 0 Å². The van der Waals surface area contributed by atoms with Crippen LogP contribution in [0.25, 0.3) is 0 Å². The summed E-state index contributed by atoms with van der Waals surface area (Å²) < 4.78 is 0. The Morgan fingerprint density at radius 1 is 1.56 bits per heavy atom. The second-order valence-electron chi connectivity index (χ2n) is 4.53. The number of anilines is 2. The topological polar surface area (TPSA) is 96.2 Å². The van der Waals surface area contributed by atoms with Crippen molar-refractivity contribution in [2.24, 2.45) is 5.84 Å². The molecule has 0 bridgehead atoms. The zero-order valence-electron chi connectivity index (χ0n) is 10.6. The molecule has 1 aromatic heterocycles. The van der Waals surface area contributed by atoms with E-state index in [9.17, 15) is 4.79 Å². The van der Waals surface area contributed by atoms with Gasteiger partial charge in [-0.3, -0.25) is 10.2 Å². The number of nitrogen functional groups attached to an aromatic ring is 1. The summed E-state index contributed by atoms with van der Waals surface area (Å²) in [6, 6.07) is 2.19. The largest absolute Gasteiger partial charge is 0.352 e. The van der Waals surface area contributed by atoms with Crippen molar-refractivity contribution in [1.29, 1.82) is 0 Å². The van der Waals surface area contributed by atoms with Crippen molar-refractivity contribution in [3.8, 4) is 0 Å². The van der Waals surface area contributed by atoms with Gasteiger partial charge in [0, 0.05) is 24.8 Å². The number of likely N-dealkylation sites (N-methyl/N-ethyl adjacent to an activating group) is 1. The maximum Gasteiger partial charge on any atom is 0.239 e. The molecule has 0 unspecified atom stereocenters. The molecular weight excluding hydrogens is 232 g/mol. The quantitative estimate of drug-likeness (QED) is 0.494. The molecule has 1 heterocycles. The molecule has 1 aliphatic rings. The first-order chi connectivity index (χ1) is 8.58. The third-order valence-corrected chi connectivity index (χ3v) is 2.68. The molecule has 7 nitrogen and oxygen atoms in total. The van der Waals surface area contributed by atoms with Crippen LogP contribution in [-0.2, 0) is 4.79 Å². The van der Waals surface area contributed by atoms with Crippen molar-refractivity contribution in [2.45, 2.75) is 25.8 Å². The predicted octanol–water partition coefficient (Wildman–Crippen LogP) is -0.215. The van der Waals surface area contributed by atoms with E-state index in [-0.39, 0.29) is 12.5 Å². The molecule has 1 aromatic rings. The van der Waals surface area contributed by atoms with Gasteiger partial charge < -0.3 is 10.2 Å². The molecule has 0 aromatic carbocycles. The van der Waals surface area contributed by atoms with E-state index in [1.54, 1.807) is 4.90 Å². The van der Waals surface area contributed by atoms with Crippen LogP contribution >= 0.6 is 0 Å². The summed E-state index contributed by atoms with van der Waals surface area (Å²) >= 11 is 0.